The number of hydrogen-bond donors (Lipinski definition) is 1. The number of unbranched alkanes of at least 4 members (excludes halogenated alkanes) is 1. The fourth-order valence-electron chi connectivity index (χ4n) is 3.02. The van der Waals surface area contributed by atoms with E-state index in [1.807, 2.05) is 0 Å². The van der Waals surface area contributed by atoms with E-state index in [0.717, 1.165) is 19.5 Å². The Morgan fingerprint density at radius 2 is 2.14 bits per heavy atom. The van der Waals surface area contributed by atoms with E-state index in [4.69, 9.17) is 5.73 Å². The number of rotatable bonds is 7. The van der Waals surface area contributed by atoms with Crippen molar-refractivity contribution in [3.63, 3.8) is 0 Å². The molecule has 2 heteroatoms. The monoisotopic (exact) mass is 290 g/mol. The molecule has 2 N–H and O–H groups in total. The van der Waals surface area contributed by atoms with E-state index in [1.165, 1.54) is 25.0 Å². The van der Waals surface area contributed by atoms with Gasteiger partial charge in [-0.2, -0.15) is 0 Å². The van der Waals surface area contributed by atoms with Crippen LogP contribution in [0.2, 0.25) is 0 Å². The Hall–Kier alpha value is -1.02. The molecular weight excluding hydrogens is 256 g/mol. The summed E-state index contributed by atoms with van der Waals surface area (Å²) in [6.07, 6.45) is 12.1. The van der Waals surface area contributed by atoms with Crippen molar-refractivity contribution in [2.75, 3.05) is 19.6 Å². The lowest BCUT2D eigenvalue weighted by Crippen LogP contribution is -2.38. The van der Waals surface area contributed by atoms with Crippen molar-refractivity contribution in [1.82, 2.24) is 4.90 Å². The molecular formula is C19H34N2. The summed E-state index contributed by atoms with van der Waals surface area (Å²) < 4.78 is 0. The molecule has 0 aromatic carbocycles. The number of allylic oxidation sites excluding steroid dienone is 2. The van der Waals surface area contributed by atoms with Crippen molar-refractivity contribution >= 4 is 0 Å². The standard InChI is InChI=1S/C19H34N2/c1-6-7-8-18(9-12-20)19(4,5)15-21-13-10-17(11-14-21)16(2)3/h8-10,12,16H,6-7,11,13-15,20H2,1-5H3/b12-9-,18-8+. The zero-order chi connectivity index (χ0) is 15.9. The Morgan fingerprint density at radius 3 is 2.62 bits per heavy atom. The maximum Gasteiger partial charge on any atom is 0.0166 e. The Labute approximate surface area is 131 Å². The molecule has 0 radical (unpaired) electrons. The van der Waals surface area contributed by atoms with E-state index in [2.05, 4.69) is 57.7 Å². The quantitative estimate of drug-likeness (QED) is 0.552. The summed E-state index contributed by atoms with van der Waals surface area (Å²) >= 11 is 0. The summed E-state index contributed by atoms with van der Waals surface area (Å²) in [5, 5.41) is 0. The predicted octanol–water partition coefficient (Wildman–Crippen LogP) is 4.50. The van der Waals surface area contributed by atoms with Crippen molar-refractivity contribution in [3.05, 3.63) is 35.6 Å². The first kappa shape index (κ1) is 18.0. The Bertz CT molecular complexity index is 400. The fraction of sp³-hybridized carbons (Fsp3) is 0.684. The van der Waals surface area contributed by atoms with Crippen LogP contribution in [-0.2, 0) is 0 Å². The summed E-state index contributed by atoms with van der Waals surface area (Å²) in [5.41, 5.74) is 8.77. The third-order valence-corrected chi connectivity index (χ3v) is 4.40. The molecule has 0 aromatic rings. The van der Waals surface area contributed by atoms with Gasteiger partial charge in [-0.3, -0.25) is 4.90 Å². The number of hydrogen-bond acceptors (Lipinski definition) is 2. The minimum absolute atomic E-state index is 0.147. The van der Waals surface area contributed by atoms with Gasteiger partial charge in [0.05, 0.1) is 0 Å². The molecule has 0 saturated carbocycles. The third-order valence-electron chi connectivity index (χ3n) is 4.40. The van der Waals surface area contributed by atoms with Gasteiger partial charge in [0.1, 0.15) is 0 Å². The lowest BCUT2D eigenvalue weighted by atomic mass is 9.82. The molecule has 2 nitrogen and oxygen atoms in total. The average molecular weight is 290 g/mol. The minimum atomic E-state index is 0.147. The lowest BCUT2D eigenvalue weighted by molar-refractivity contribution is 0.214. The highest BCUT2D eigenvalue weighted by Gasteiger charge is 2.25. The highest BCUT2D eigenvalue weighted by atomic mass is 15.1. The van der Waals surface area contributed by atoms with Gasteiger partial charge in [-0.15, -0.1) is 0 Å². The van der Waals surface area contributed by atoms with E-state index in [0.29, 0.717) is 5.92 Å². The largest absolute Gasteiger partial charge is 0.405 e. The van der Waals surface area contributed by atoms with Crippen LogP contribution in [0.4, 0.5) is 0 Å². The summed E-state index contributed by atoms with van der Waals surface area (Å²) in [7, 11) is 0. The first-order valence-electron chi connectivity index (χ1n) is 8.41. The molecule has 1 aliphatic rings. The van der Waals surface area contributed by atoms with Gasteiger partial charge < -0.3 is 5.73 Å². The van der Waals surface area contributed by atoms with Crippen LogP contribution in [0.1, 0.15) is 53.9 Å². The Morgan fingerprint density at radius 1 is 1.43 bits per heavy atom. The molecule has 0 bridgehead atoms. The zero-order valence-electron chi connectivity index (χ0n) is 14.7. The second kappa shape index (κ2) is 8.43. The predicted molar refractivity (Wildman–Crippen MR) is 94.1 cm³/mol. The maximum absolute atomic E-state index is 5.64. The molecule has 0 aromatic heterocycles. The zero-order valence-corrected chi connectivity index (χ0v) is 14.7. The molecule has 1 heterocycles. The van der Waals surface area contributed by atoms with Crippen molar-refractivity contribution < 1.29 is 0 Å². The van der Waals surface area contributed by atoms with Crippen molar-refractivity contribution in [2.45, 2.75) is 53.9 Å². The van der Waals surface area contributed by atoms with Gasteiger partial charge in [0.15, 0.2) is 0 Å². The third kappa shape index (κ3) is 5.70. The summed E-state index contributed by atoms with van der Waals surface area (Å²) in [6, 6.07) is 0. The first-order chi connectivity index (χ1) is 9.90. The molecule has 0 amide bonds. The van der Waals surface area contributed by atoms with E-state index in [-0.39, 0.29) is 5.41 Å². The first-order valence-corrected chi connectivity index (χ1v) is 8.41. The molecule has 21 heavy (non-hydrogen) atoms. The Kier molecular flexibility index (Phi) is 7.24. The lowest BCUT2D eigenvalue weighted by Gasteiger charge is -2.36. The van der Waals surface area contributed by atoms with Crippen molar-refractivity contribution in [3.8, 4) is 0 Å². The van der Waals surface area contributed by atoms with Crippen LogP contribution in [0.15, 0.2) is 35.6 Å². The minimum Gasteiger partial charge on any atom is -0.405 e. The van der Waals surface area contributed by atoms with Crippen LogP contribution in [0, 0.1) is 11.3 Å². The molecule has 120 valence electrons. The van der Waals surface area contributed by atoms with Gasteiger partial charge in [0.25, 0.3) is 0 Å². The van der Waals surface area contributed by atoms with Gasteiger partial charge >= 0.3 is 0 Å². The Balaban J connectivity index is 2.71. The van der Waals surface area contributed by atoms with Crippen LogP contribution < -0.4 is 5.73 Å². The maximum atomic E-state index is 5.64. The molecule has 0 atom stereocenters. The molecule has 1 rings (SSSR count). The van der Waals surface area contributed by atoms with Crippen molar-refractivity contribution in [1.29, 1.82) is 0 Å². The SMILES string of the molecule is CCC/C=C(\C=C/N)C(C)(C)CN1CC=C(C(C)C)CC1. The topological polar surface area (TPSA) is 29.3 Å². The number of nitrogens with two attached hydrogens (primary N) is 1. The molecule has 1 aliphatic heterocycles. The van der Waals surface area contributed by atoms with E-state index in [9.17, 15) is 0 Å². The molecule has 0 saturated heterocycles. The van der Waals surface area contributed by atoms with E-state index >= 15 is 0 Å². The summed E-state index contributed by atoms with van der Waals surface area (Å²) in [5.74, 6) is 0.695. The number of nitrogens with zero attached hydrogens (tertiary/aromatic N) is 1. The van der Waals surface area contributed by atoms with Crippen LogP contribution in [0.25, 0.3) is 0 Å². The van der Waals surface area contributed by atoms with Crippen LogP contribution in [0.5, 0.6) is 0 Å². The average Bonchev–Trinajstić information content (AvgIpc) is 2.43. The van der Waals surface area contributed by atoms with Gasteiger partial charge in [0, 0.05) is 25.0 Å². The fourth-order valence-corrected chi connectivity index (χ4v) is 3.02. The van der Waals surface area contributed by atoms with E-state index < -0.39 is 0 Å². The van der Waals surface area contributed by atoms with Crippen LogP contribution in [-0.4, -0.2) is 24.5 Å². The second-order valence-corrected chi connectivity index (χ2v) is 7.11. The van der Waals surface area contributed by atoms with Crippen LogP contribution in [0.3, 0.4) is 0 Å². The molecule has 0 aliphatic carbocycles. The van der Waals surface area contributed by atoms with Gasteiger partial charge in [-0.1, -0.05) is 58.8 Å². The van der Waals surface area contributed by atoms with Gasteiger partial charge in [0.2, 0.25) is 0 Å². The van der Waals surface area contributed by atoms with Crippen LogP contribution >= 0.6 is 0 Å². The smallest absolute Gasteiger partial charge is 0.0166 e. The molecule has 0 fully saturated rings. The molecule has 0 spiro atoms. The summed E-state index contributed by atoms with van der Waals surface area (Å²) in [6.45, 7) is 14.8. The summed E-state index contributed by atoms with van der Waals surface area (Å²) in [4.78, 5) is 2.57. The van der Waals surface area contributed by atoms with Crippen molar-refractivity contribution in [2.24, 2.45) is 17.1 Å². The van der Waals surface area contributed by atoms with E-state index in [1.54, 1.807) is 11.8 Å². The highest BCUT2D eigenvalue weighted by molar-refractivity contribution is 5.26. The molecule has 0 unspecified atom stereocenters. The second-order valence-electron chi connectivity index (χ2n) is 7.11. The van der Waals surface area contributed by atoms with Gasteiger partial charge in [-0.25, -0.2) is 0 Å². The van der Waals surface area contributed by atoms with Gasteiger partial charge in [-0.05, 0) is 36.6 Å². The normalized spacial score (nSPS) is 18.6. The highest BCUT2D eigenvalue weighted by Crippen LogP contribution is 2.30.